The van der Waals surface area contributed by atoms with Crippen molar-refractivity contribution in [1.29, 1.82) is 0 Å². The first-order chi connectivity index (χ1) is 16.2. The van der Waals surface area contributed by atoms with Gasteiger partial charge in [-0.2, -0.15) is 0 Å². The molecule has 0 saturated carbocycles. The zero-order valence-electron chi connectivity index (χ0n) is 19.6. The number of nitrogens with one attached hydrogen (secondary N) is 1. The van der Waals surface area contributed by atoms with Gasteiger partial charge in [-0.05, 0) is 30.9 Å². The van der Waals surface area contributed by atoms with E-state index in [-0.39, 0.29) is 11.9 Å². The number of hydrogen-bond acceptors (Lipinski definition) is 2. The van der Waals surface area contributed by atoms with Crippen LogP contribution in [0.5, 0.6) is 0 Å². The average molecular weight is 438 g/mol. The number of nitrogens with zero attached hydrogens (tertiary/aromatic N) is 2. The maximum atomic E-state index is 13.8. The maximum absolute atomic E-state index is 13.8. The Morgan fingerprint density at radius 3 is 2.06 bits per heavy atom. The molecule has 1 N–H and O–H groups in total. The van der Waals surface area contributed by atoms with Crippen LogP contribution in [0.3, 0.4) is 0 Å². The number of aromatic nitrogens is 2. The molecule has 1 aromatic heterocycles. The highest BCUT2D eigenvalue weighted by Crippen LogP contribution is 2.30. The maximum Gasteiger partial charge on any atom is 0.270 e. The Morgan fingerprint density at radius 2 is 1.48 bits per heavy atom. The Morgan fingerprint density at radius 1 is 0.848 bits per heavy atom. The van der Waals surface area contributed by atoms with Crippen molar-refractivity contribution in [2.75, 3.05) is 0 Å². The molecule has 3 aromatic carbocycles. The van der Waals surface area contributed by atoms with Crippen molar-refractivity contribution in [2.45, 2.75) is 46.2 Å². The molecule has 1 heterocycles. The lowest BCUT2D eigenvalue weighted by molar-refractivity contribution is 0.0927. The van der Waals surface area contributed by atoms with Crippen LogP contribution in [0.15, 0.2) is 84.9 Å². The molecule has 4 aromatic rings. The van der Waals surface area contributed by atoms with Gasteiger partial charge in [-0.3, -0.25) is 4.79 Å². The first-order valence-corrected chi connectivity index (χ1v) is 11.8. The van der Waals surface area contributed by atoms with Gasteiger partial charge in [0, 0.05) is 17.7 Å². The summed E-state index contributed by atoms with van der Waals surface area (Å²) in [6.45, 7) is 6.94. The molecule has 0 aliphatic carbocycles. The number of aryl methyl sites for hydroxylation is 1. The molecule has 0 aliphatic heterocycles. The van der Waals surface area contributed by atoms with Crippen LogP contribution in [0.4, 0.5) is 0 Å². The molecule has 4 heteroatoms. The fourth-order valence-electron chi connectivity index (χ4n) is 4.23. The van der Waals surface area contributed by atoms with E-state index < -0.39 is 0 Å². The van der Waals surface area contributed by atoms with Crippen molar-refractivity contribution in [3.05, 3.63) is 102 Å². The summed E-state index contributed by atoms with van der Waals surface area (Å²) in [5.41, 5.74) is 5.65. The van der Waals surface area contributed by atoms with Crippen LogP contribution in [0, 0.1) is 0 Å². The third-order valence-electron chi connectivity index (χ3n) is 6.08. The lowest BCUT2D eigenvalue weighted by Gasteiger charge is -2.19. The van der Waals surface area contributed by atoms with Gasteiger partial charge in [0.05, 0.1) is 6.04 Å². The van der Waals surface area contributed by atoms with Crippen LogP contribution < -0.4 is 5.32 Å². The normalized spacial score (nSPS) is 11.8. The fourth-order valence-corrected chi connectivity index (χ4v) is 4.23. The zero-order valence-corrected chi connectivity index (χ0v) is 19.6. The van der Waals surface area contributed by atoms with E-state index in [0.29, 0.717) is 12.2 Å². The second kappa shape index (κ2) is 10.3. The van der Waals surface area contributed by atoms with Gasteiger partial charge < -0.3 is 9.88 Å². The zero-order chi connectivity index (χ0) is 23.2. The number of carbonyl (C=O) groups is 1. The monoisotopic (exact) mass is 437 g/mol. The van der Waals surface area contributed by atoms with Gasteiger partial charge in [0.25, 0.3) is 5.91 Å². The second-order valence-corrected chi connectivity index (χ2v) is 8.14. The molecule has 0 bridgehead atoms. The number of imidazole rings is 1. The van der Waals surface area contributed by atoms with Crippen molar-refractivity contribution in [3.8, 4) is 22.6 Å². The van der Waals surface area contributed by atoms with Crippen LogP contribution in [-0.2, 0) is 13.0 Å². The second-order valence-electron chi connectivity index (χ2n) is 8.14. The van der Waals surface area contributed by atoms with Crippen molar-refractivity contribution in [1.82, 2.24) is 14.9 Å². The Kier molecular flexibility index (Phi) is 7.04. The first-order valence-electron chi connectivity index (χ1n) is 11.8. The minimum Gasteiger partial charge on any atom is -0.344 e. The average Bonchev–Trinajstić information content (AvgIpc) is 3.28. The Balaban J connectivity index is 1.82. The molecule has 33 heavy (non-hydrogen) atoms. The topological polar surface area (TPSA) is 46.9 Å². The Hall–Kier alpha value is -3.66. The predicted molar refractivity (Wildman–Crippen MR) is 135 cm³/mol. The summed E-state index contributed by atoms with van der Waals surface area (Å²) in [5.74, 6) is 0.711. The van der Waals surface area contributed by atoms with Crippen LogP contribution in [0.25, 0.3) is 22.6 Å². The quantitative estimate of drug-likeness (QED) is 0.334. The van der Waals surface area contributed by atoms with Gasteiger partial charge in [0.15, 0.2) is 0 Å². The molecule has 0 spiro atoms. The summed E-state index contributed by atoms with van der Waals surface area (Å²) < 4.78 is 2.03. The summed E-state index contributed by atoms with van der Waals surface area (Å²) in [6.07, 6.45) is 1.78. The highest BCUT2D eigenvalue weighted by molar-refractivity contribution is 5.99. The van der Waals surface area contributed by atoms with Crippen molar-refractivity contribution in [2.24, 2.45) is 0 Å². The SMILES string of the molecule is CCc1ccc(-c2nc(-c3ccccc3)n(CC)c2C(=O)NC(CC)c2ccccc2)cc1. The number of carbonyl (C=O) groups excluding carboxylic acids is 1. The van der Waals surface area contributed by atoms with E-state index >= 15 is 0 Å². The summed E-state index contributed by atoms with van der Waals surface area (Å²) in [4.78, 5) is 18.8. The predicted octanol–water partition coefficient (Wildman–Crippen LogP) is 6.68. The lowest BCUT2D eigenvalue weighted by Crippen LogP contribution is -2.30. The van der Waals surface area contributed by atoms with Gasteiger partial charge >= 0.3 is 0 Å². The van der Waals surface area contributed by atoms with Crippen LogP contribution in [0.2, 0.25) is 0 Å². The molecule has 0 aliphatic rings. The molecule has 4 rings (SSSR count). The van der Waals surface area contributed by atoms with Crippen molar-refractivity contribution < 1.29 is 4.79 Å². The van der Waals surface area contributed by atoms with Crippen molar-refractivity contribution >= 4 is 5.91 Å². The Bertz CT molecular complexity index is 1200. The lowest BCUT2D eigenvalue weighted by atomic mass is 10.0. The smallest absolute Gasteiger partial charge is 0.270 e. The summed E-state index contributed by atoms with van der Waals surface area (Å²) >= 11 is 0. The van der Waals surface area contributed by atoms with E-state index in [2.05, 4.69) is 62.5 Å². The summed E-state index contributed by atoms with van der Waals surface area (Å²) in [6, 6.07) is 28.5. The minimum absolute atomic E-state index is 0.0607. The molecule has 168 valence electrons. The van der Waals surface area contributed by atoms with E-state index in [1.807, 2.05) is 53.1 Å². The van der Waals surface area contributed by atoms with Crippen molar-refractivity contribution in [3.63, 3.8) is 0 Å². The minimum atomic E-state index is -0.100. The van der Waals surface area contributed by atoms with E-state index in [1.54, 1.807) is 0 Å². The Labute approximate surface area is 196 Å². The molecule has 1 unspecified atom stereocenters. The standard InChI is InChI=1S/C29H31N3O/c1-4-21-17-19-23(20-18-21)26-27(29(33)30-25(5-2)22-13-9-7-10-14-22)32(6-3)28(31-26)24-15-11-8-12-16-24/h7-20,25H,4-6H2,1-3H3,(H,30,33). The molecular weight excluding hydrogens is 406 g/mol. The highest BCUT2D eigenvalue weighted by Gasteiger charge is 2.26. The first kappa shape index (κ1) is 22.5. The number of hydrogen-bond donors (Lipinski definition) is 1. The molecule has 0 saturated heterocycles. The van der Waals surface area contributed by atoms with Gasteiger partial charge in [-0.1, -0.05) is 98.8 Å². The molecule has 0 fully saturated rings. The molecule has 0 radical (unpaired) electrons. The van der Waals surface area contributed by atoms with Gasteiger partial charge in [-0.25, -0.2) is 4.98 Å². The fraction of sp³-hybridized carbons (Fsp3) is 0.241. The molecule has 1 amide bonds. The molecular formula is C29H31N3O. The van der Waals surface area contributed by atoms with E-state index in [0.717, 1.165) is 41.1 Å². The van der Waals surface area contributed by atoms with E-state index in [1.165, 1.54) is 5.56 Å². The van der Waals surface area contributed by atoms with Gasteiger partial charge in [0.1, 0.15) is 17.2 Å². The van der Waals surface area contributed by atoms with Crippen LogP contribution in [0.1, 0.15) is 54.8 Å². The highest BCUT2D eigenvalue weighted by atomic mass is 16.2. The number of rotatable bonds is 8. The van der Waals surface area contributed by atoms with Gasteiger partial charge in [0.2, 0.25) is 0 Å². The number of amides is 1. The largest absolute Gasteiger partial charge is 0.344 e. The number of benzene rings is 3. The van der Waals surface area contributed by atoms with Crippen LogP contribution in [-0.4, -0.2) is 15.5 Å². The molecule has 1 atom stereocenters. The third-order valence-corrected chi connectivity index (χ3v) is 6.08. The van der Waals surface area contributed by atoms with Gasteiger partial charge in [-0.15, -0.1) is 0 Å². The third kappa shape index (κ3) is 4.75. The summed E-state index contributed by atoms with van der Waals surface area (Å²) in [5, 5.41) is 3.27. The molecule has 4 nitrogen and oxygen atoms in total. The van der Waals surface area contributed by atoms with Crippen LogP contribution >= 0.6 is 0 Å². The van der Waals surface area contributed by atoms with E-state index in [4.69, 9.17) is 4.98 Å². The van der Waals surface area contributed by atoms with E-state index in [9.17, 15) is 4.79 Å². The summed E-state index contributed by atoms with van der Waals surface area (Å²) in [7, 11) is 0.